The normalized spacial score (nSPS) is 15.8. The summed E-state index contributed by atoms with van der Waals surface area (Å²) in [6.45, 7) is 5.74. The van der Waals surface area contributed by atoms with Crippen molar-refractivity contribution in [1.82, 2.24) is 4.90 Å². The summed E-state index contributed by atoms with van der Waals surface area (Å²) < 4.78 is 0. The number of likely N-dealkylation sites (N-methyl/N-ethyl adjacent to an activating group) is 1. The number of aryl methyl sites for hydroxylation is 1. The van der Waals surface area contributed by atoms with Crippen molar-refractivity contribution >= 4 is 11.6 Å². The van der Waals surface area contributed by atoms with E-state index in [1.54, 1.807) is 0 Å². The molecule has 3 heteroatoms. The molecule has 0 aromatic heterocycles. The molecular weight excluding hydrogens is 248 g/mol. The first kappa shape index (κ1) is 15.0. The van der Waals surface area contributed by atoms with E-state index in [1.165, 1.54) is 31.2 Å². The minimum absolute atomic E-state index is 0.1000. The standard InChI is InChI=1S/C17H26N2O/c1-3-14-9-11-15(12-10-14)18-17(20)13-19(4-2)16-7-5-6-8-16/h9-12,16H,3-8,13H2,1-2H3,(H,18,20). The average molecular weight is 274 g/mol. The van der Waals surface area contributed by atoms with Crippen molar-refractivity contribution in [2.24, 2.45) is 0 Å². The van der Waals surface area contributed by atoms with Gasteiger partial charge in [0.2, 0.25) is 5.91 Å². The number of nitrogens with zero attached hydrogens (tertiary/aromatic N) is 1. The molecule has 0 atom stereocenters. The summed E-state index contributed by atoms with van der Waals surface area (Å²) in [5, 5.41) is 3.00. The Hall–Kier alpha value is -1.35. The van der Waals surface area contributed by atoms with Gasteiger partial charge >= 0.3 is 0 Å². The van der Waals surface area contributed by atoms with Gasteiger partial charge < -0.3 is 5.32 Å². The van der Waals surface area contributed by atoms with Crippen LogP contribution >= 0.6 is 0 Å². The molecule has 3 nitrogen and oxygen atoms in total. The van der Waals surface area contributed by atoms with Crippen molar-refractivity contribution in [1.29, 1.82) is 0 Å². The number of rotatable bonds is 6. The van der Waals surface area contributed by atoms with Gasteiger partial charge in [-0.2, -0.15) is 0 Å². The summed E-state index contributed by atoms with van der Waals surface area (Å²) in [5.74, 6) is 0.1000. The number of hydrogen-bond acceptors (Lipinski definition) is 2. The van der Waals surface area contributed by atoms with Crippen LogP contribution in [0.4, 0.5) is 5.69 Å². The van der Waals surface area contributed by atoms with Crippen LogP contribution in [0, 0.1) is 0 Å². The monoisotopic (exact) mass is 274 g/mol. The fourth-order valence-corrected chi connectivity index (χ4v) is 2.98. The average Bonchev–Trinajstić information content (AvgIpc) is 2.99. The highest BCUT2D eigenvalue weighted by Crippen LogP contribution is 2.23. The Morgan fingerprint density at radius 3 is 2.40 bits per heavy atom. The van der Waals surface area contributed by atoms with Crippen LogP contribution in [0.1, 0.15) is 45.1 Å². The fraction of sp³-hybridized carbons (Fsp3) is 0.588. The van der Waals surface area contributed by atoms with E-state index in [2.05, 4.69) is 36.2 Å². The lowest BCUT2D eigenvalue weighted by atomic mass is 10.1. The highest BCUT2D eigenvalue weighted by Gasteiger charge is 2.22. The van der Waals surface area contributed by atoms with Gasteiger partial charge in [-0.3, -0.25) is 9.69 Å². The third-order valence-corrected chi connectivity index (χ3v) is 4.24. The Balaban J connectivity index is 1.86. The van der Waals surface area contributed by atoms with Gasteiger partial charge in [0.25, 0.3) is 0 Å². The molecule has 0 unspecified atom stereocenters. The summed E-state index contributed by atoms with van der Waals surface area (Å²) in [4.78, 5) is 14.4. The Labute approximate surface area is 122 Å². The molecule has 0 bridgehead atoms. The summed E-state index contributed by atoms with van der Waals surface area (Å²) in [7, 11) is 0. The van der Waals surface area contributed by atoms with E-state index in [4.69, 9.17) is 0 Å². The lowest BCUT2D eigenvalue weighted by Crippen LogP contribution is -2.39. The first-order valence-electron chi connectivity index (χ1n) is 7.85. The van der Waals surface area contributed by atoms with Crippen LogP contribution in [-0.4, -0.2) is 29.9 Å². The van der Waals surface area contributed by atoms with Gasteiger partial charge in [-0.05, 0) is 43.5 Å². The van der Waals surface area contributed by atoms with Crippen molar-refractivity contribution in [2.75, 3.05) is 18.4 Å². The molecule has 0 heterocycles. The van der Waals surface area contributed by atoms with E-state index in [1.807, 2.05) is 12.1 Å². The van der Waals surface area contributed by atoms with Crippen LogP contribution in [0.3, 0.4) is 0 Å². The van der Waals surface area contributed by atoms with E-state index < -0.39 is 0 Å². The summed E-state index contributed by atoms with van der Waals surface area (Å²) in [6, 6.07) is 8.73. The molecule has 1 fully saturated rings. The number of benzene rings is 1. The molecule has 1 N–H and O–H groups in total. The fourth-order valence-electron chi connectivity index (χ4n) is 2.98. The minimum Gasteiger partial charge on any atom is -0.325 e. The highest BCUT2D eigenvalue weighted by atomic mass is 16.2. The Morgan fingerprint density at radius 2 is 1.85 bits per heavy atom. The lowest BCUT2D eigenvalue weighted by molar-refractivity contribution is -0.117. The van der Waals surface area contributed by atoms with E-state index in [0.717, 1.165) is 18.7 Å². The first-order valence-corrected chi connectivity index (χ1v) is 7.85. The molecule has 1 aliphatic carbocycles. The van der Waals surface area contributed by atoms with Crippen LogP contribution in [0.25, 0.3) is 0 Å². The maximum absolute atomic E-state index is 12.1. The van der Waals surface area contributed by atoms with Crippen molar-refractivity contribution < 1.29 is 4.79 Å². The number of nitrogens with one attached hydrogen (secondary N) is 1. The maximum atomic E-state index is 12.1. The number of carbonyl (C=O) groups is 1. The van der Waals surface area contributed by atoms with Crippen LogP contribution < -0.4 is 5.32 Å². The van der Waals surface area contributed by atoms with Gasteiger partial charge in [-0.25, -0.2) is 0 Å². The van der Waals surface area contributed by atoms with Crippen molar-refractivity contribution in [3.05, 3.63) is 29.8 Å². The molecular formula is C17H26N2O. The number of hydrogen-bond donors (Lipinski definition) is 1. The number of anilines is 1. The van der Waals surface area contributed by atoms with Gasteiger partial charge in [-0.1, -0.05) is 38.8 Å². The lowest BCUT2D eigenvalue weighted by Gasteiger charge is -2.26. The molecule has 0 spiro atoms. The van der Waals surface area contributed by atoms with Gasteiger partial charge in [0.1, 0.15) is 0 Å². The Kier molecular flexibility index (Phi) is 5.60. The predicted octanol–water partition coefficient (Wildman–Crippen LogP) is 3.45. The molecule has 0 aliphatic heterocycles. The van der Waals surface area contributed by atoms with Gasteiger partial charge in [0, 0.05) is 11.7 Å². The third kappa shape index (κ3) is 4.07. The van der Waals surface area contributed by atoms with E-state index in [0.29, 0.717) is 12.6 Å². The maximum Gasteiger partial charge on any atom is 0.238 e. The second-order valence-electron chi connectivity index (χ2n) is 5.60. The zero-order valence-electron chi connectivity index (χ0n) is 12.7. The molecule has 2 rings (SSSR count). The second kappa shape index (κ2) is 7.44. The summed E-state index contributed by atoms with van der Waals surface area (Å²) in [6.07, 6.45) is 6.13. The van der Waals surface area contributed by atoms with Crippen molar-refractivity contribution in [3.63, 3.8) is 0 Å². The molecule has 0 saturated heterocycles. The third-order valence-electron chi connectivity index (χ3n) is 4.24. The highest BCUT2D eigenvalue weighted by molar-refractivity contribution is 5.92. The van der Waals surface area contributed by atoms with Crippen LogP contribution in [0.5, 0.6) is 0 Å². The zero-order valence-corrected chi connectivity index (χ0v) is 12.7. The van der Waals surface area contributed by atoms with Crippen LogP contribution in [-0.2, 0) is 11.2 Å². The predicted molar refractivity (Wildman–Crippen MR) is 84.0 cm³/mol. The molecule has 0 radical (unpaired) electrons. The van der Waals surface area contributed by atoms with Gasteiger partial charge in [0.05, 0.1) is 6.54 Å². The largest absolute Gasteiger partial charge is 0.325 e. The smallest absolute Gasteiger partial charge is 0.238 e. The van der Waals surface area contributed by atoms with E-state index in [-0.39, 0.29) is 5.91 Å². The molecule has 1 amide bonds. The number of amides is 1. The molecule has 1 aromatic rings. The minimum atomic E-state index is 0.1000. The topological polar surface area (TPSA) is 32.3 Å². The Morgan fingerprint density at radius 1 is 1.20 bits per heavy atom. The zero-order chi connectivity index (χ0) is 14.4. The number of carbonyl (C=O) groups excluding carboxylic acids is 1. The Bertz CT molecular complexity index is 421. The van der Waals surface area contributed by atoms with E-state index >= 15 is 0 Å². The summed E-state index contributed by atoms with van der Waals surface area (Å²) >= 11 is 0. The second-order valence-corrected chi connectivity index (χ2v) is 5.60. The molecule has 20 heavy (non-hydrogen) atoms. The summed E-state index contributed by atoms with van der Waals surface area (Å²) in [5.41, 5.74) is 2.19. The van der Waals surface area contributed by atoms with Crippen molar-refractivity contribution in [2.45, 2.75) is 52.0 Å². The van der Waals surface area contributed by atoms with Gasteiger partial charge in [0.15, 0.2) is 0 Å². The molecule has 110 valence electrons. The van der Waals surface area contributed by atoms with Crippen LogP contribution in [0.2, 0.25) is 0 Å². The van der Waals surface area contributed by atoms with Crippen LogP contribution in [0.15, 0.2) is 24.3 Å². The van der Waals surface area contributed by atoms with Crippen molar-refractivity contribution in [3.8, 4) is 0 Å². The van der Waals surface area contributed by atoms with E-state index in [9.17, 15) is 4.79 Å². The molecule has 1 saturated carbocycles. The first-order chi connectivity index (χ1) is 9.72. The quantitative estimate of drug-likeness (QED) is 0.861. The SMILES string of the molecule is CCc1ccc(NC(=O)CN(CC)C2CCCC2)cc1. The van der Waals surface area contributed by atoms with Gasteiger partial charge in [-0.15, -0.1) is 0 Å². The molecule has 1 aromatic carbocycles. The molecule has 1 aliphatic rings.